The van der Waals surface area contributed by atoms with Crippen LogP contribution in [0.25, 0.3) is 0 Å². The second kappa shape index (κ2) is 4.39. The van der Waals surface area contributed by atoms with Crippen molar-refractivity contribution in [2.75, 3.05) is 0 Å². The third kappa shape index (κ3) is 2.33. The van der Waals surface area contributed by atoms with Crippen LogP contribution in [-0.2, 0) is 4.79 Å². The van der Waals surface area contributed by atoms with E-state index in [1.165, 1.54) is 12.1 Å². The summed E-state index contributed by atoms with van der Waals surface area (Å²) in [5.41, 5.74) is 5.47. The van der Waals surface area contributed by atoms with Crippen LogP contribution in [-0.4, -0.2) is 11.9 Å². The van der Waals surface area contributed by atoms with Crippen LogP contribution in [0.4, 0.5) is 4.39 Å². The molecule has 1 aliphatic carbocycles. The molecule has 16 heavy (non-hydrogen) atoms. The van der Waals surface area contributed by atoms with Gasteiger partial charge in [0.25, 0.3) is 0 Å². The van der Waals surface area contributed by atoms with Crippen molar-refractivity contribution >= 4 is 17.5 Å². The number of carbonyl (C=O) groups excluding carboxylic acids is 1. The van der Waals surface area contributed by atoms with Gasteiger partial charge in [-0.15, -0.1) is 0 Å². The molecule has 0 saturated heterocycles. The van der Waals surface area contributed by atoms with Crippen LogP contribution < -0.4 is 11.1 Å². The SMILES string of the molecule is NC(=O)C(NC1CC1)c1cccc(Cl)c1F. The lowest BCUT2D eigenvalue weighted by atomic mass is 10.1. The van der Waals surface area contributed by atoms with E-state index in [9.17, 15) is 9.18 Å². The average Bonchev–Trinajstić information content (AvgIpc) is 3.03. The standard InChI is InChI=1S/C11H12ClFN2O/c12-8-3-1-2-7(9(8)13)10(11(14)16)15-6-4-5-6/h1-3,6,10,15H,4-5H2,(H2,14,16). The van der Waals surface area contributed by atoms with Gasteiger partial charge in [-0.3, -0.25) is 10.1 Å². The molecular formula is C11H12ClFN2O. The molecule has 1 saturated carbocycles. The lowest BCUT2D eigenvalue weighted by Gasteiger charge is -2.16. The van der Waals surface area contributed by atoms with Crippen molar-refractivity contribution < 1.29 is 9.18 Å². The van der Waals surface area contributed by atoms with Crippen molar-refractivity contribution in [2.24, 2.45) is 5.73 Å². The maximum absolute atomic E-state index is 13.7. The molecule has 3 nitrogen and oxygen atoms in total. The van der Waals surface area contributed by atoms with Crippen molar-refractivity contribution in [1.82, 2.24) is 5.32 Å². The molecule has 1 amide bonds. The van der Waals surface area contributed by atoms with Crippen LogP contribution in [0.2, 0.25) is 5.02 Å². The number of amides is 1. The number of hydrogen-bond donors (Lipinski definition) is 2. The van der Waals surface area contributed by atoms with Gasteiger partial charge in [-0.25, -0.2) is 4.39 Å². The first-order valence-corrected chi connectivity index (χ1v) is 5.46. The number of halogens is 2. The summed E-state index contributed by atoms with van der Waals surface area (Å²) in [5.74, 6) is -1.17. The molecule has 0 aliphatic heterocycles. The zero-order chi connectivity index (χ0) is 11.7. The van der Waals surface area contributed by atoms with Gasteiger partial charge in [0.15, 0.2) is 0 Å². The van der Waals surface area contributed by atoms with E-state index in [-0.39, 0.29) is 16.6 Å². The molecule has 5 heteroatoms. The summed E-state index contributed by atoms with van der Waals surface area (Å²) in [6.07, 6.45) is 1.98. The fourth-order valence-electron chi connectivity index (χ4n) is 1.55. The minimum absolute atomic E-state index is 0.00125. The highest BCUT2D eigenvalue weighted by atomic mass is 35.5. The van der Waals surface area contributed by atoms with E-state index >= 15 is 0 Å². The van der Waals surface area contributed by atoms with Crippen molar-refractivity contribution in [1.29, 1.82) is 0 Å². The van der Waals surface area contributed by atoms with Crippen molar-refractivity contribution in [3.63, 3.8) is 0 Å². The fraction of sp³-hybridized carbons (Fsp3) is 0.364. The minimum atomic E-state index is -0.800. The fourth-order valence-corrected chi connectivity index (χ4v) is 1.74. The predicted octanol–water partition coefficient (Wildman–Crippen LogP) is 1.76. The maximum Gasteiger partial charge on any atom is 0.239 e. The molecule has 0 radical (unpaired) electrons. The highest BCUT2D eigenvalue weighted by molar-refractivity contribution is 6.30. The van der Waals surface area contributed by atoms with Crippen LogP contribution in [0, 0.1) is 5.82 Å². The topological polar surface area (TPSA) is 55.1 Å². The number of carbonyl (C=O) groups is 1. The van der Waals surface area contributed by atoms with Crippen molar-refractivity contribution in [2.45, 2.75) is 24.9 Å². The Morgan fingerprint density at radius 1 is 1.56 bits per heavy atom. The molecule has 1 aromatic carbocycles. The Bertz CT molecular complexity index is 420. The molecule has 0 bridgehead atoms. The summed E-state index contributed by atoms with van der Waals surface area (Å²) in [5, 5.41) is 3.00. The number of rotatable bonds is 4. The molecular weight excluding hydrogens is 231 g/mol. The van der Waals surface area contributed by atoms with Crippen LogP contribution in [0.1, 0.15) is 24.4 Å². The van der Waals surface area contributed by atoms with E-state index < -0.39 is 17.8 Å². The molecule has 0 spiro atoms. The summed E-state index contributed by atoms with van der Waals surface area (Å²) < 4.78 is 13.7. The van der Waals surface area contributed by atoms with Crippen molar-refractivity contribution in [3.8, 4) is 0 Å². The molecule has 1 aliphatic rings. The Kier molecular flexibility index (Phi) is 3.12. The normalized spacial score (nSPS) is 17.1. The number of nitrogens with two attached hydrogens (primary N) is 1. The quantitative estimate of drug-likeness (QED) is 0.845. The first-order valence-electron chi connectivity index (χ1n) is 5.09. The molecule has 1 fully saturated rings. The van der Waals surface area contributed by atoms with Gasteiger partial charge in [0.2, 0.25) is 5.91 Å². The Morgan fingerprint density at radius 2 is 2.25 bits per heavy atom. The molecule has 0 aromatic heterocycles. The lowest BCUT2D eigenvalue weighted by molar-refractivity contribution is -0.120. The molecule has 86 valence electrons. The predicted molar refractivity (Wildman–Crippen MR) is 59.5 cm³/mol. The van der Waals surface area contributed by atoms with Crippen LogP contribution in [0.5, 0.6) is 0 Å². The summed E-state index contributed by atoms with van der Waals surface area (Å²) in [6.45, 7) is 0. The van der Waals surface area contributed by atoms with Crippen LogP contribution in [0.3, 0.4) is 0 Å². The average molecular weight is 243 g/mol. The third-order valence-electron chi connectivity index (χ3n) is 2.56. The first-order chi connectivity index (χ1) is 7.59. The Morgan fingerprint density at radius 3 is 2.81 bits per heavy atom. The molecule has 1 aromatic rings. The van der Waals surface area contributed by atoms with Gasteiger partial charge in [0.05, 0.1) is 5.02 Å². The second-order valence-electron chi connectivity index (χ2n) is 3.92. The zero-order valence-corrected chi connectivity index (χ0v) is 9.30. The van der Waals surface area contributed by atoms with Gasteiger partial charge in [-0.1, -0.05) is 23.7 Å². The number of hydrogen-bond acceptors (Lipinski definition) is 2. The monoisotopic (exact) mass is 242 g/mol. The summed E-state index contributed by atoms with van der Waals surface area (Å²) in [7, 11) is 0. The third-order valence-corrected chi connectivity index (χ3v) is 2.85. The van der Waals surface area contributed by atoms with Crippen LogP contribution >= 0.6 is 11.6 Å². The summed E-state index contributed by atoms with van der Waals surface area (Å²) in [4.78, 5) is 11.3. The Balaban J connectivity index is 2.29. The molecule has 1 atom stereocenters. The summed E-state index contributed by atoms with van der Waals surface area (Å²) in [6, 6.07) is 4.02. The second-order valence-corrected chi connectivity index (χ2v) is 4.33. The van der Waals surface area contributed by atoms with Gasteiger partial charge >= 0.3 is 0 Å². The number of nitrogens with one attached hydrogen (secondary N) is 1. The Hall–Kier alpha value is -1.13. The van der Waals surface area contributed by atoms with Gasteiger partial charge in [0, 0.05) is 11.6 Å². The van der Waals surface area contributed by atoms with E-state index in [4.69, 9.17) is 17.3 Å². The maximum atomic E-state index is 13.7. The van der Waals surface area contributed by atoms with Gasteiger partial charge in [0.1, 0.15) is 11.9 Å². The number of primary amides is 1. The van der Waals surface area contributed by atoms with E-state index in [0.29, 0.717) is 0 Å². The highest BCUT2D eigenvalue weighted by Crippen LogP contribution is 2.27. The first kappa shape index (κ1) is 11.4. The zero-order valence-electron chi connectivity index (χ0n) is 8.54. The van der Waals surface area contributed by atoms with E-state index in [1.807, 2.05) is 0 Å². The van der Waals surface area contributed by atoms with Gasteiger partial charge < -0.3 is 5.73 Å². The molecule has 1 unspecified atom stereocenters. The minimum Gasteiger partial charge on any atom is -0.368 e. The molecule has 3 N–H and O–H groups in total. The molecule has 0 heterocycles. The highest BCUT2D eigenvalue weighted by Gasteiger charge is 2.30. The summed E-state index contributed by atoms with van der Waals surface area (Å²) >= 11 is 5.66. The molecule has 2 rings (SSSR count). The van der Waals surface area contributed by atoms with Gasteiger partial charge in [-0.05, 0) is 18.9 Å². The largest absolute Gasteiger partial charge is 0.368 e. The van der Waals surface area contributed by atoms with E-state index in [2.05, 4.69) is 5.32 Å². The van der Waals surface area contributed by atoms with Crippen LogP contribution in [0.15, 0.2) is 18.2 Å². The lowest BCUT2D eigenvalue weighted by Crippen LogP contribution is -2.35. The Labute approximate surface area is 97.8 Å². The smallest absolute Gasteiger partial charge is 0.239 e. The van der Waals surface area contributed by atoms with E-state index in [1.54, 1.807) is 6.07 Å². The number of benzene rings is 1. The van der Waals surface area contributed by atoms with Gasteiger partial charge in [-0.2, -0.15) is 0 Å². The van der Waals surface area contributed by atoms with Crippen molar-refractivity contribution in [3.05, 3.63) is 34.6 Å². The van der Waals surface area contributed by atoms with E-state index in [0.717, 1.165) is 12.8 Å².